The molecule has 2 unspecified atom stereocenters. The molecule has 41 heavy (non-hydrogen) atoms. The lowest BCUT2D eigenvalue weighted by molar-refractivity contribution is 0.00523. The number of nitrogens with zero attached hydrogens (tertiary/aromatic N) is 2. The average Bonchev–Trinajstić information content (AvgIpc) is 2.99. The topological polar surface area (TPSA) is 45.6 Å². The molecular weight excluding hydrogens is 572 g/mol. The van der Waals surface area contributed by atoms with Gasteiger partial charge in [0.1, 0.15) is 5.60 Å². The lowest BCUT2D eigenvalue weighted by Gasteiger charge is -2.39. The number of pyridine rings is 1. The molecule has 5 heteroatoms. The number of rotatable bonds is 8. The Labute approximate surface area is 249 Å². The van der Waals surface area contributed by atoms with Crippen molar-refractivity contribution in [1.29, 1.82) is 0 Å². The lowest BCUT2D eigenvalue weighted by atomic mass is 9.70. The maximum absolute atomic E-state index is 13.3. The van der Waals surface area contributed by atoms with Crippen molar-refractivity contribution < 1.29 is 9.84 Å². The molecule has 5 aromatic carbocycles. The van der Waals surface area contributed by atoms with E-state index in [9.17, 15) is 5.11 Å². The van der Waals surface area contributed by atoms with E-state index in [0.717, 1.165) is 53.6 Å². The van der Waals surface area contributed by atoms with E-state index in [1.54, 1.807) is 7.11 Å². The van der Waals surface area contributed by atoms with Crippen LogP contribution in [0.15, 0.2) is 114 Å². The van der Waals surface area contributed by atoms with Crippen LogP contribution in [0.2, 0.25) is 0 Å². The number of fused-ring (bicyclic) bond motifs is 3. The van der Waals surface area contributed by atoms with Crippen LogP contribution in [0.5, 0.6) is 5.88 Å². The fraction of sp³-hybridized carbons (Fsp3) is 0.194. The largest absolute Gasteiger partial charge is 0.481 e. The molecule has 0 aliphatic heterocycles. The third-order valence-corrected chi connectivity index (χ3v) is 8.55. The SMILES string of the molecule is COc1nc2ccc(Br)cc2cc1C(c1ccc2ccccc2c1)C(O)(CCN(C)C)c1cccc2ccccc12. The molecule has 0 saturated heterocycles. The van der Waals surface area contributed by atoms with Crippen molar-refractivity contribution in [2.75, 3.05) is 27.7 Å². The number of benzene rings is 5. The predicted molar refractivity (Wildman–Crippen MR) is 173 cm³/mol. The molecule has 2 atom stereocenters. The number of halogens is 1. The molecular formula is C36H33BrN2O2. The van der Waals surface area contributed by atoms with Crippen LogP contribution in [0.25, 0.3) is 32.4 Å². The van der Waals surface area contributed by atoms with Crippen molar-refractivity contribution in [3.8, 4) is 5.88 Å². The van der Waals surface area contributed by atoms with Gasteiger partial charge in [-0.25, -0.2) is 4.98 Å². The second kappa shape index (κ2) is 11.2. The number of hydrogen-bond acceptors (Lipinski definition) is 4. The normalized spacial score (nSPS) is 14.0. The van der Waals surface area contributed by atoms with Gasteiger partial charge in [-0.05, 0) is 77.5 Å². The molecule has 0 aliphatic rings. The first-order valence-electron chi connectivity index (χ1n) is 13.9. The number of ether oxygens (including phenoxy) is 1. The van der Waals surface area contributed by atoms with E-state index in [1.165, 1.54) is 0 Å². The second-order valence-electron chi connectivity index (χ2n) is 11.0. The van der Waals surface area contributed by atoms with Gasteiger partial charge in [0, 0.05) is 27.9 Å². The Hall–Kier alpha value is -3.77. The minimum Gasteiger partial charge on any atom is -0.481 e. The van der Waals surface area contributed by atoms with Crippen LogP contribution < -0.4 is 4.74 Å². The zero-order valence-corrected chi connectivity index (χ0v) is 25.1. The molecule has 6 rings (SSSR count). The van der Waals surface area contributed by atoms with Crippen LogP contribution >= 0.6 is 15.9 Å². The van der Waals surface area contributed by atoms with Crippen molar-refractivity contribution in [3.63, 3.8) is 0 Å². The van der Waals surface area contributed by atoms with Gasteiger partial charge in [0.25, 0.3) is 0 Å². The second-order valence-corrected chi connectivity index (χ2v) is 11.9. The highest BCUT2D eigenvalue weighted by molar-refractivity contribution is 9.10. The van der Waals surface area contributed by atoms with Crippen molar-refractivity contribution in [3.05, 3.63) is 130 Å². The summed E-state index contributed by atoms with van der Waals surface area (Å²) in [6.07, 6.45) is 0.505. The van der Waals surface area contributed by atoms with Gasteiger partial charge in [0.05, 0.1) is 12.6 Å². The summed E-state index contributed by atoms with van der Waals surface area (Å²) in [5, 5.41) is 18.7. The van der Waals surface area contributed by atoms with Crippen molar-refractivity contribution in [2.45, 2.75) is 17.9 Å². The molecule has 0 bridgehead atoms. The quantitative estimate of drug-likeness (QED) is 0.190. The monoisotopic (exact) mass is 604 g/mol. The Kier molecular flexibility index (Phi) is 7.52. The summed E-state index contributed by atoms with van der Waals surface area (Å²) in [6.45, 7) is 0.693. The molecule has 1 heterocycles. The molecule has 1 aromatic heterocycles. The standard InChI is InChI=1S/C36H33BrN2O2/c1-39(2)20-19-36(40,32-14-8-12-25-10-6-7-13-30(25)32)34(27-16-15-24-9-4-5-11-26(24)21-27)31-23-28-22-29(37)17-18-33(28)38-35(31)41-3/h4-18,21-23,34,40H,19-20H2,1-3H3. The summed E-state index contributed by atoms with van der Waals surface area (Å²) in [5.41, 5.74) is 2.30. The van der Waals surface area contributed by atoms with Gasteiger partial charge in [0.2, 0.25) is 5.88 Å². The Bertz CT molecular complexity index is 1860. The zero-order valence-electron chi connectivity index (χ0n) is 23.5. The van der Waals surface area contributed by atoms with Crippen LogP contribution in [0.3, 0.4) is 0 Å². The van der Waals surface area contributed by atoms with Crippen LogP contribution in [0.1, 0.15) is 29.0 Å². The summed E-state index contributed by atoms with van der Waals surface area (Å²) >= 11 is 3.63. The average molecular weight is 606 g/mol. The first-order chi connectivity index (χ1) is 19.9. The number of aliphatic hydroxyl groups is 1. The summed E-state index contributed by atoms with van der Waals surface area (Å²) in [6, 6.07) is 37.5. The van der Waals surface area contributed by atoms with Gasteiger partial charge < -0.3 is 14.7 Å². The maximum Gasteiger partial charge on any atom is 0.217 e. The summed E-state index contributed by atoms with van der Waals surface area (Å²) in [5.74, 6) is 0.0465. The van der Waals surface area contributed by atoms with Gasteiger partial charge in [-0.15, -0.1) is 0 Å². The minimum atomic E-state index is -1.29. The number of hydrogen-bond donors (Lipinski definition) is 1. The van der Waals surface area contributed by atoms with Gasteiger partial charge in [0.15, 0.2) is 0 Å². The van der Waals surface area contributed by atoms with E-state index in [0.29, 0.717) is 18.8 Å². The van der Waals surface area contributed by atoms with Crippen LogP contribution in [-0.4, -0.2) is 42.7 Å². The molecule has 206 valence electrons. The van der Waals surface area contributed by atoms with E-state index in [2.05, 4.69) is 99.7 Å². The number of methoxy groups -OCH3 is 1. The van der Waals surface area contributed by atoms with Crippen LogP contribution in [0.4, 0.5) is 0 Å². The molecule has 4 nitrogen and oxygen atoms in total. The predicted octanol–water partition coefficient (Wildman–Crippen LogP) is 8.28. The van der Waals surface area contributed by atoms with Crippen molar-refractivity contribution in [2.24, 2.45) is 0 Å². The Morgan fingerprint density at radius 2 is 1.54 bits per heavy atom. The van der Waals surface area contributed by atoms with E-state index in [4.69, 9.17) is 9.72 Å². The fourth-order valence-electron chi connectivity index (χ4n) is 6.05. The highest BCUT2D eigenvalue weighted by Crippen LogP contribution is 2.49. The summed E-state index contributed by atoms with van der Waals surface area (Å²) in [4.78, 5) is 7.07. The molecule has 1 N–H and O–H groups in total. The Balaban J connectivity index is 1.70. The lowest BCUT2D eigenvalue weighted by Crippen LogP contribution is -2.38. The van der Waals surface area contributed by atoms with Gasteiger partial charge in [-0.3, -0.25) is 0 Å². The molecule has 0 aliphatic carbocycles. The Morgan fingerprint density at radius 1 is 0.805 bits per heavy atom. The Morgan fingerprint density at radius 3 is 2.32 bits per heavy atom. The highest BCUT2D eigenvalue weighted by Gasteiger charge is 2.43. The van der Waals surface area contributed by atoms with E-state index < -0.39 is 11.5 Å². The molecule has 0 amide bonds. The summed E-state index contributed by atoms with van der Waals surface area (Å²) in [7, 11) is 5.75. The van der Waals surface area contributed by atoms with Gasteiger partial charge in [-0.2, -0.15) is 0 Å². The van der Waals surface area contributed by atoms with E-state index in [1.807, 2.05) is 44.4 Å². The van der Waals surface area contributed by atoms with Crippen LogP contribution in [0, 0.1) is 0 Å². The molecule has 0 radical (unpaired) electrons. The van der Waals surface area contributed by atoms with Crippen molar-refractivity contribution >= 4 is 48.4 Å². The van der Waals surface area contributed by atoms with E-state index >= 15 is 0 Å². The molecule has 0 fully saturated rings. The first-order valence-corrected chi connectivity index (χ1v) is 14.6. The van der Waals surface area contributed by atoms with Crippen LogP contribution in [-0.2, 0) is 5.60 Å². The van der Waals surface area contributed by atoms with Gasteiger partial charge in [-0.1, -0.05) is 101 Å². The first kappa shape index (κ1) is 27.4. The zero-order chi connectivity index (χ0) is 28.6. The smallest absolute Gasteiger partial charge is 0.217 e. The minimum absolute atomic E-state index is 0.469. The van der Waals surface area contributed by atoms with Gasteiger partial charge >= 0.3 is 0 Å². The fourth-order valence-corrected chi connectivity index (χ4v) is 6.43. The summed E-state index contributed by atoms with van der Waals surface area (Å²) < 4.78 is 6.95. The van der Waals surface area contributed by atoms with Crippen molar-refractivity contribution in [1.82, 2.24) is 9.88 Å². The third kappa shape index (κ3) is 5.21. The third-order valence-electron chi connectivity index (χ3n) is 8.05. The molecule has 0 saturated carbocycles. The molecule has 0 spiro atoms. The molecule has 6 aromatic rings. The highest BCUT2D eigenvalue weighted by atomic mass is 79.9. The van der Waals surface area contributed by atoms with E-state index in [-0.39, 0.29) is 0 Å². The number of aromatic nitrogens is 1. The maximum atomic E-state index is 13.3.